The monoisotopic (exact) mass is 460 g/mol. The van der Waals surface area contributed by atoms with Crippen LogP contribution in [0.1, 0.15) is 11.1 Å². The van der Waals surface area contributed by atoms with Crippen LogP contribution in [0.4, 0.5) is 4.79 Å². The van der Waals surface area contributed by atoms with E-state index in [0.717, 1.165) is 27.6 Å². The van der Waals surface area contributed by atoms with Gasteiger partial charge in [0.2, 0.25) is 0 Å². The zero-order chi connectivity index (χ0) is 21.4. The summed E-state index contributed by atoms with van der Waals surface area (Å²) in [5.41, 5.74) is 2.02. The number of hydrogen-bond acceptors (Lipinski definition) is 4. The number of aliphatic carboxylic acids is 1. The number of fused-ring (bicyclic) bond motifs is 1. The van der Waals surface area contributed by atoms with Crippen molar-refractivity contribution in [2.75, 3.05) is 0 Å². The van der Waals surface area contributed by atoms with Crippen LogP contribution in [-0.2, 0) is 22.7 Å². The zero-order valence-electron chi connectivity index (χ0n) is 15.3. The molecular formula is C21H14Cl2N2O4S. The minimum Gasteiger partial charge on any atom is -0.480 e. The highest BCUT2D eigenvalue weighted by molar-refractivity contribution is 8.18. The third-order valence-corrected chi connectivity index (χ3v) is 6.12. The maximum absolute atomic E-state index is 12.9. The van der Waals surface area contributed by atoms with Crippen molar-refractivity contribution in [3.05, 3.63) is 74.7 Å². The molecule has 0 spiro atoms. The first-order valence-corrected chi connectivity index (χ1v) is 10.4. The molecule has 6 nitrogen and oxygen atoms in total. The van der Waals surface area contributed by atoms with Crippen molar-refractivity contribution in [1.82, 2.24) is 9.47 Å². The normalized spacial score (nSPS) is 15.5. The molecule has 0 radical (unpaired) electrons. The Morgan fingerprint density at radius 2 is 1.90 bits per heavy atom. The number of benzene rings is 2. The van der Waals surface area contributed by atoms with Crippen LogP contribution >= 0.6 is 35.0 Å². The van der Waals surface area contributed by atoms with Crippen LogP contribution in [0, 0.1) is 0 Å². The van der Waals surface area contributed by atoms with Gasteiger partial charge in [0.25, 0.3) is 11.1 Å². The number of carboxylic acids is 1. The maximum atomic E-state index is 12.9. The Bertz CT molecular complexity index is 1230. The third kappa shape index (κ3) is 3.96. The smallest absolute Gasteiger partial charge is 0.323 e. The van der Waals surface area contributed by atoms with E-state index in [1.54, 1.807) is 35.0 Å². The van der Waals surface area contributed by atoms with Gasteiger partial charge in [0.1, 0.15) is 6.54 Å². The Hall–Kier alpha value is -2.74. The molecule has 152 valence electrons. The first-order valence-electron chi connectivity index (χ1n) is 8.82. The molecule has 2 aromatic carbocycles. The quantitative estimate of drug-likeness (QED) is 0.524. The van der Waals surface area contributed by atoms with Gasteiger partial charge in [-0.2, -0.15) is 0 Å². The van der Waals surface area contributed by atoms with Gasteiger partial charge >= 0.3 is 5.97 Å². The van der Waals surface area contributed by atoms with Crippen molar-refractivity contribution < 1.29 is 19.5 Å². The fourth-order valence-electron chi connectivity index (χ4n) is 3.26. The summed E-state index contributed by atoms with van der Waals surface area (Å²) in [5, 5.41) is 10.4. The summed E-state index contributed by atoms with van der Waals surface area (Å²) in [6.07, 6.45) is 3.29. The van der Waals surface area contributed by atoms with Crippen molar-refractivity contribution in [1.29, 1.82) is 0 Å². The molecule has 0 aliphatic carbocycles. The van der Waals surface area contributed by atoms with Gasteiger partial charge in [-0.25, -0.2) is 0 Å². The fraction of sp³-hybridized carbons (Fsp3) is 0.0952. The number of amides is 2. The van der Waals surface area contributed by atoms with Gasteiger partial charge < -0.3 is 9.67 Å². The molecule has 9 heteroatoms. The molecule has 1 saturated heterocycles. The summed E-state index contributed by atoms with van der Waals surface area (Å²) in [5.74, 6) is -1.39. The van der Waals surface area contributed by atoms with Crippen LogP contribution in [0.3, 0.4) is 0 Å². The van der Waals surface area contributed by atoms with Gasteiger partial charge in [0.15, 0.2) is 0 Å². The van der Waals surface area contributed by atoms with Gasteiger partial charge in [0, 0.05) is 32.7 Å². The lowest BCUT2D eigenvalue weighted by atomic mass is 10.1. The van der Waals surface area contributed by atoms with E-state index < -0.39 is 17.1 Å². The number of nitrogens with zero attached hydrogens (tertiary/aromatic N) is 2. The SMILES string of the molecule is O=C(O)Cn1cc(/C=C2\SC(=O)N(Cc3ccc(Cl)cc3Cl)C2=O)c2ccccc21. The van der Waals surface area contributed by atoms with Crippen molar-refractivity contribution >= 4 is 69.1 Å². The predicted octanol–water partition coefficient (Wildman–Crippen LogP) is 5.27. The third-order valence-electron chi connectivity index (χ3n) is 4.63. The van der Waals surface area contributed by atoms with Gasteiger partial charge in [-0.3, -0.25) is 19.3 Å². The largest absolute Gasteiger partial charge is 0.480 e. The highest BCUT2D eigenvalue weighted by Gasteiger charge is 2.35. The lowest BCUT2D eigenvalue weighted by Crippen LogP contribution is -2.27. The Morgan fingerprint density at radius 3 is 2.63 bits per heavy atom. The van der Waals surface area contributed by atoms with E-state index in [1.807, 2.05) is 24.3 Å². The van der Waals surface area contributed by atoms with Crippen LogP contribution in [0.2, 0.25) is 10.0 Å². The van der Waals surface area contributed by atoms with Crippen molar-refractivity contribution in [3.63, 3.8) is 0 Å². The molecule has 1 N–H and O–H groups in total. The Morgan fingerprint density at radius 1 is 1.13 bits per heavy atom. The van der Waals surface area contributed by atoms with Crippen LogP contribution in [0.15, 0.2) is 53.6 Å². The highest BCUT2D eigenvalue weighted by atomic mass is 35.5. The average Bonchev–Trinajstić information content (AvgIpc) is 3.16. The van der Waals surface area contributed by atoms with Crippen LogP contribution in [0.25, 0.3) is 17.0 Å². The topological polar surface area (TPSA) is 79.6 Å². The minimum atomic E-state index is -0.970. The van der Waals surface area contributed by atoms with Gasteiger partial charge in [-0.15, -0.1) is 0 Å². The predicted molar refractivity (Wildman–Crippen MR) is 118 cm³/mol. The number of carbonyl (C=O) groups is 3. The van der Waals surface area contributed by atoms with E-state index in [1.165, 1.54) is 0 Å². The zero-order valence-corrected chi connectivity index (χ0v) is 17.7. The number of rotatable bonds is 5. The number of halogens is 2. The van der Waals surface area contributed by atoms with Crippen LogP contribution in [0.5, 0.6) is 0 Å². The Kier molecular flexibility index (Phi) is 5.60. The lowest BCUT2D eigenvalue weighted by Gasteiger charge is -2.13. The molecule has 0 atom stereocenters. The summed E-state index contributed by atoms with van der Waals surface area (Å²) in [4.78, 5) is 37.9. The Balaban J connectivity index is 1.66. The number of carboxylic acid groups (broad SMARTS) is 1. The van der Waals surface area contributed by atoms with E-state index in [0.29, 0.717) is 21.2 Å². The number of hydrogen-bond donors (Lipinski definition) is 1. The molecule has 3 aromatic rings. The summed E-state index contributed by atoms with van der Waals surface area (Å²) < 4.78 is 1.60. The summed E-state index contributed by atoms with van der Waals surface area (Å²) in [6.45, 7) is -0.163. The van der Waals surface area contributed by atoms with E-state index in [2.05, 4.69) is 0 Å². The highest BCUT2D eigenvalue weighted by Crippen LogP contribution is 2.36. The molecule has 0 bridgehead atoms. The fourth-order valence-corrected chi connectivity index (χ4v) is 4.56. The second-order valence-electron chi connectivity index (χ2n) is 6.63. The molecule has 1 aliphatic rings. The molecular weight excluding hydrogens is 447 g/mol. The molecule has 2 amide bonds. The molecule has 2 heterocycles. The molecule has 1 aliphatic heterocycles. The average molecular weight is 461 g/mol. The van der Waals surface area contributed by atoms with E-state index in [4.69, 9.17) is 28.3 Å². The molecule has 1 aromatic heterocycles. The second-order valence-corrected chi connectivity index (χ2v) is 8.46. The van der Waals surface area contributed by atoms with Gasteiger partial charge in [-0.1, -0.05) is 47.5 Å². The minimum absolute atomic E-state index is 0.0405. The lowest BCUT2D eigenvalue weighted by molar-refractivity contribution is -0.137. The second kappa shape index (κ2) is 8.18. The molecule has 30 heavy (non-hydrogen) atoms. The van der Waals surface area contributed by atoms with Crippen LogP contribution < -0.4 is 0 Å². The summed E-state index contributed by atoms with van der Waals surface area (Å²) in [7, 11) is 0. The Labute approximate surface area is 185 Å². The number of para-hydroxylation sites is 1. The number of imide groups is 1. The maximum Gasteiger partial charge on any atom is 0.323 e. The van der Waals surface area contributed by atoms with E-state index in [-0.39, 0.29) is 18.0 Å². The van der Waals surface area contributed by atoms with Crippen LogP contribution in [-0.4, -0.2) is 31.7 Å². The van der Waals surface area contributed by atoms with Gasteiger partial charge in [-0.05, 0) is 41.6 Å². The van der Waals surface area contributed by atoms with Crippen molar-refractivity contribution in [2.24, 2.45) is 0 Å². The first-order chi connectivity index (χ1) is 14.3. The van der Waals surface area contributed by atoms with Crippen molar-refractivity contribution in [3.8, 4) is 0 Å². The van der Waals surface area contributed by atoms with Crippen molar-refractivity contribution in [2.45, 2.75) is 13.1 Å². The summed E-state index contributed by atoms with van der Waals surface area (Å²) in [6, 6.07) is 12.2. The number of carbonyl (C=O) groups excluding carboxylic acids is 2. The summed E-state index contributed by atoms with van der Waals surface area (Å²) >= 11 is 12.9. The van der Waals surface area contributed by atoms with E-state index in [9.17, 15) is 14.4 Å². The first kappa shape index (κ1) is 20.5. The standard InChI is InChI=1S/C21H14Cl2N2O4S/c22-14-6-5-12(16(23)8-14)10-25-20(28)18(30-21(25)29)7-13-9-24(11-19(26)27)17-4-2-1-3-15(13)17/h1-9H,10-11H2,(H,26,27)/b18-7-. The molecule has 0 saturated carbocycles. The molecule has 1 fully saturated rings. The number of aromatic nitrogens is 1. The molecule has 0 unspecified atom stereocenters. The van der Waals surface area contributed by atoms with Gasteiger partial charge in [0.05, 0.1) is 11.4 Å². The van der Waals surface area contributed by atoms with E-state index >= 15 is 0 Å². The molecule has 4 rings (SSSR count). The number of thioether (sulfide) groups is 1.